The molecule has 1 aromatic carbocycles. The van der Waals surface area contributed by atoms with E-state index < -0.39 is 0 Å². The van der Waals surface area contributed by atoms with E-state index in [0.717, 1.165) is 38.2 Å². The number of piperazine rings is 1. The van der Waals surface area contributed by atoms with Gasteiger partial charge >= 0.3 is 0 Å². The van der Waals surface area contributed by atoms with Gasteiger partial charge in [-0.05, 0) is 23.6 Å². The fraction of sp³-hybridized carbons (Fsp3) is 0.625. The Morgan fingerprint density at radius 1 is 1.27 bits per heavy atom. The van der Waals surface area contributed by atoms with E-state index in [4.69, 9.17) is 4.74 Å². The fourth-order valence-electron chi connectivity index (χ4n) is 2.94. The van der Waals surface area contributed by atoms with Crippen LogP contribution in [0.2, 0.25) is 0 Å². The molecule has 2 atom stereocenters. The lowest BCUT2D eigenvalue weighted by Gasteiger charge is -2.38. The summed E-state index contributed by atoms with van der Waals surface area (Å²) in [6, 6.07) is 5.60. The van der Waals surface area contributed by atoms with E-state index in [1.165, 1.54) is 13.2 Å². The normalized spacial score (nSPS) is 17.8. The quantitative estimate of drug-likeness (QED) is 0.874. The van der Waals surface area contributed by atoms with Gasteiger partial charge in [0.25, 0.3) is 0 Å². The largest absolute Gasteiger partial charge is 0.494 e. The highest BCUT2D eigenvalue weighted by molar-refractivity contribution is 5.85. The van der Waals surface area contributed by atoms with Crippen LogP contribution in [0.3, 0.4) is 0 Å². The molecule has 1 aromatic rings. The van der Waals surface area contributed by atoms with Gasteiger partial charge in [-0.3, -0.25) is 4.90 Å². The van der Waals surface area contributed by atoms with Gasteiger partial charge in [0, 0.05) is 32.2 Å². The molecule has 1 aliphatic heterocycles. The van der Waals surface area contributed by atoms with Crippen LogP contribution < -0.4 is 10.1 Å². The van der Waals surface area contributed by atoms with E-state index >= 15 is 0 Å². The van der Waals surface area contributed by atoms with Crippen LogP contribution in [0.4, 0.5) is 4.39 Å². The first kappa shape index (κ1) is 21.4. The van der Waals surface area contributed by atoms with Gasteiger partial charge in [0.2, 0.25) is 0 Å². The van der Waals surface area contributed by atoms with Crippen molar-refractivity contribution in [1.29, 1.82) is 0 Å². The molecule has 1 aliphatic rings. The predicted molar refractivity (Wildman–Crippen MR) is 94.1 cm³/mol. The molecule has 1 heterocycles. The molecule has 0 aromatic heterocycles. The SMILES string of the molecule is CCC(C)[C@@H](c1ccc(F)c(OC)c1)N1CCNCC1.Cl.Cl. The lowest BCUT2D eigenvalue weighted by molar-refractivity contribution is 0.128. The maximum absolute atomic E-state index is 13.6. The molecule has 6 heteroatoms. The Kier molecular flexibility index (Phi) is 10.0. The Morgan fingerprint density at radius 2 is 1.91 bits per heavy atom. The molecule has 3 nitrogen and oxygen atoms in total. The number of rotatable bonds is 5. The first-order valence-electron chi connectivity index (χ1n) is 7.45. The smallest absolute Gasteiger partial charge is 0.165 e. The second kappa shape index (κ2) is 10.3. The lowest BCUT2D eigenvalue weighted by atomic mass is 9.90. The Bertz CT molecular complexity index is 442. The zero-order chi connectivity index (χ0) is 14.5. The summed E-state index contributed by atoms with van der Waals surface area (Å²) in [7, 11) is 1.52. The van der Waals surface area contributed by atoms with Crippen molar-refractivity contribution >= 4 is 24.8 Å². The summed E-state index contributed by atoms with van der Waals surface area (Å²) in [4.78, 5) is 2.50. The summed E-state index contributed by atoms with van der Waals surface area (Å²) in [5.74, 6) is 0.577. The summed E-state index contributed by atoms with van der Waals surface area (Å²) < 4.78 is 18.7. The molecule has 22 heavy (non-hydrogen) atoms. The lowest BCUT2D eigenvalue weighted by Crippen LogP contribution is -2.46. The zero-order valence-electron chi connectivity index (χ0n) is 13.5. The van der Waals surface area contributed by atoms with Gasteiger partial charge in [0.1, 0.15) is 0 Å². The number of nitrogens with zero attached hydrogens (tertiary/aromatic N) is 1. The predicted octanol–water partition coefficient (Wildman–Crippen LogP) is 3.67. The van der Waals surface area contributed by atoms with Gasteiger partial charge in [-0.15, -0.1) is 24.8 Å². The monoisotopic (exact) mass is 352 g/mol. The van der Waals surface area contributed by atoms with Crippen LogP contribution in [0.15, 0.2) is 18.2 Å². The second-order valence-electron chi connectivity index (χ2n) is 5.51. The third kappa shape index (κ3) is 4.98. The van der Waals surface area contributed by atoms with Crippen molar-refractivity contribution in [3.63, 3.8) is 0 Å². The van der Waals surface area contributed by atoms with Crippen LogP contribution in [0.5, 0.6) is 5.75 Å². The van der Waals surface area contributed by atoms with Crippen LogP contribution >= 0.6 is 24.8 Å². The van der Waals surface area contributed by atoms with Crippen molar-refractivity contribution in [2.45, 2.75) is 26.3 Å². The van der Waals surface area contributed by atoms with Crippen LogP contribution in [-0.4, -0.2) is 38.2 Å². The van der Waals surface area contributed by atoms with Crippen LogP contribution in [0.25, 0.3) is 0 Å². The number of methoxy groups -OCH3 is 1. The van der Waals surface area contributed by atoms with E-state index in [2.05, 4.69) is 24.1 Å². The molecule has 128 valence electrons. The number of hydrogen-bond donors (Lipinski definition) is 1. The van der Waals surface area contributed by atoms with E-state index in [1.807, 2.05) is 12.1 Å². The maximum atomic E-state index is 13.6. The maximum Gasteiger partial charge on any atom is 0.165 e. The molecule has 0 aliphatic carbocycles. The second-order valence-corrected chi connectivity index (χ2v) is 5.51. The van der Waals surface area contributed by atoms with Crippen molar-refractivity contribution < 1.29 is 9.13 Å². The summed E-state index contributed by atoms with van der Waals surface area (Å²) >= 11 is 0. The number of halogens is 3. The van der Waals surface area contributed by atoms with Crippen molar-refractivity contribution in [1.82, 2.24) is 10.2 Å². The van der Waals surface area contributed by atoms with E-state index in [1.54, 1.807) is 0 Å². The Labute approximate surface area is 145 Å². The van der Waals surface area contributed by atoms with Gasteiger partial charge in [0.05, 0.1) is 7.11 Å². The minimum Gasteiger partial charge on any atom is -0.494 e. The standard InChI is InChI=1S/C16H25FN2O.2ClH/c1-4-12(2)16(19-9-7-18-8-10-19)13-5-6-14(17)15(11-13)20-3;;/h5-6,11-12,16,18H,4,7-10H2,1-3H3;2*1H/t12?,16-;;/m0../s1. The molecule has 1 saturated heterocycles. The molecule has 0 amide bonds. The number of hydrogen-bond acceptors (Lipinski definition) is 3. The summed E-state index contributed by atoms with van der Waals surface area (Å²) in [5.41, 5.74) is 1.15. The molecular formula is C16H27Cl2FN2O. The highest BCUT2D eigenvalue weighted by Gasteiger charge is 2.27. The minimum atomic E-state index is -0.292. The van der Waals surface area contributed by atoms with E-state index in [0.29, 0.717) is 17.7 Å². The van der Waals surface area contributed by atoms with Crippen molar-refractivity contribution in [3.05, 3.63) is 29.6 Å². The molecular weight excluding hydrogens is 326 g/mol. The van der Waals surface area contributed by atoms with Gasteiger partial charge in [0.15, 0.2) is 11.6 Å². The third-order valence-corrected chi connectivity index (χ3v) is 4.24. The van der Waals surface area contributed by atoms with Gasteiger partial charge in [-0.2, -0.15) is 0 Å². The highest BCUT2D eigenvalue weighted by Crippen LogP contribution is 2.33. The van der Waals surface area contributed by atoms with Crippen LogP contribution in [0, 0.1) is 11.7 Å². The van der Waals surface area contributed by atoms with Crippen LogP contribution in [-0.2, 0) is 0 Å². The summed E-state index contributed by atoms with van der Waals surface area (Å²) in [6.45, 7) is 8.59. The Balaban J connectivity index is 0.00000220. The van der Waals surface area contributed by atoms with E-state index in [9.17, 15) is 4.39 Å². The summed E-state index contributed by atoms with van der Waals surface area (Å²) in [6.07, 6.45) is 1.11. The van der Waals surface area contributed by atoms with Crippen LogP contribution in [0.1, 0.15) is 31.9 Å². The molecule has 0 spiro atoms. The summed E-state index contributed by atoms with van der Waals surface area (Å²) in [5, 5.41) is 3.38. The molecule has 0 bridgehead atoms. The number of ether oxygens (including phenoxy) is 1. The Hall–Kier alpha value is -0.550. The molecule has 0 radical (unpaired) electrons. The molecule has 1 unspecified atom stereocenters. The third-order valence-electron chi connectivity index (χ3n) is 4.24. The highest BCUT2D eigenvalue weighted by atomic mass is 35.5. The molecule has 2 rings (SSSR count). The van der Waals surface area contributed by atoms with Crippen molar-refractivity contribution in [3.8, 4) is 5.75 Å². The Morgan fingerprint density at radius 3 is 2.45 bits per heavy atom. The average molecular weight is 353 g/mol. The van der Waals surface area contributed by atoms with Gasteiger partial charge in [-0.25, -0.2) is 4.39 Å². The van der Waals surface area contributed by atoms with Gasteiger partial charge in [-0.1, -0.05) is 26.3 Å². The zero-order valence-corrected chi connectivity index (χ0v) is 15.1. The number of benzene rings is 1. The molecule has 1 N–H and O–H groups in total. The fourth-order valence-corrected chi connectivity index (χ4v) is 2.94. The molecule has 1 fully saturated rings. The van der Waals surface area contributed by atoms with Gasteiger partial charge < -0.3 is 10.1 Å². The minimum absolute atomic E-state index is 0. The topological polar surface area (TPSA) is 24.5 Å². The van der Waals surface area contributed by atoms with E-state index in [-0.39, 0.29) is 30.6 Å². The first-order chi connectivity index (χ1) is 9.67. The molecule has 0 saturated carbocycles. The van der Waals surface area contributed by atoms with Crippen molar-refractivity contribution in [2.24, 2.45) is 5.92 Å². The number of nitrogens with one attached hydrogen (secondary N) is 1. The first-order valence-corrected chi connectivity index (χ1v) is 7.45. The average Bonchev–Trinajstić information content (AvgIpc) is 2.50. The van der Waals surface area contributed by atoms with Crippen molar-refractivity contribution in [2.75, 3.05) is 33.3 Å².